The minimum absolute atomic E-state index is 0. The van der Waals surface area contributed by atoms with Crippen LogP contribution in [-0.2, 0) is 7.05 Å². The third-order valence-electron chi connectivity index (χ3n) is 2.43. The summed E-state index contributed by atoms with van der Waals surface area (Å²) >= 11 is 0. The number of hydrogen-bond donors (Lipinski definition) is 0. The van der Waals surface area contributed by atoms with Crippen molar-refractivity contribution in [2.75, 3.05) is 27.2 Å². The minimum Gasteiger partial charge on any atom is -0.276 e. The van der Waals surface area contributed by atoms with Gasteiger partial charge in [0.1, 0.15) is 0 Å². The van der Waals surface area contributed by atoms with Crippen LogP contribution >= 0.6 is 0 Å². The second-order valence-electron chi connectivity index (χ2n) is 3.65. The van der Waals surface area contributed by atoms with Crippen LogP contribution in [0.5, 0.6) is 0 Å². The summed E-state index contributed by atoms with van der Waals surface area (Å²) in [6.45, 7) is 10.5. The van der Waals surface area contributed by atoms with Gasteiger partial charge in [0.15, 0.2) is 0 Å². The van der Waals surface area contributed by atoms with Gasteiger partial charge in [-0.1, -0.05) is 42.5 Å². The average Bonchev–Trinajstić information content (AvgIpc) is 2.90. The van der Waals surface area contributed by atoms with E-state index in [0.717, 1.165) is 0 Å². The molecule has 0 bridgehead atoms. The van der Waals surface area contributed by atoms with Crippen LogP contribution in [0.25, 0.3) is 0 Å². The zero-order chi connectivity index (χ0) is 14.4. The molecular formula is C16H40N4. The lowest BCUT2D eigenvalue weighted by Crippen LogP contribution is -2.41. The number of aryl methyl sites for hydroxylation is 1. The SMILES string of the molecule is C.C.CC.CC.CN1CCCCN1C.Cn1cccn1. The van der Waals surface area contributed by atoms with Gasteiger partial charge in [-0.25, -0.2) is 10.0 Å². The molecule has 0 unspecified atom stereocenters. The second kappa shape index (κ2) is 20.4. The zero-order valence-corrected chi connectivity index (χ0v) is 13.3. The van der Waals surface area contributed by atoms with Gasteiger partial charge in [-0.05, 0) is 18.9 Å². The number of nitrogens with zero attached hydrogens (tertiary/aromatic N) is 4. The predicted octanol–water partition coefficient (Wildman–Crippen LogP) is 4.30. The standard InChI is InChI=1S/C6H14N2.C4H6N2.2C2H6.2CH4/c1-7-5-3-4-6-8(7)2;1-6-4-2-3-5-6;2*1-2;;/h3-6H2,1-2H3;2-4H,1H3;2*1-2H3;2*1H4. The Labute approximate surface area is 128 Å². The Hall–Kier alpha value is -0.870. The van der Waals surface area contributed by atoms with E-state index < -0.39 is 0 Å². The topological polar surface area (TPSA) is 24.3 Å². The summed E-state index contributed by atoms with van der Waals surface area (Å²) in [4.78, 5) is 0. The highest BCUT2D eigenvalue weighted by Gasteiger charge is 2.09. The van der Waals surface area contributed by atoms with E-state index in [4.69, 9.17) is 0 Å². The number of aromatic nitrogens is 2. The molecule has 0 aromatic carbocycles. The van der Waals surface area contributed by atoms with Crippen LogP contribution < -0.4 is 0 Å². The molecule has 4 nitrogen and oxygen atoms in total. The molecule has 1 fully saturated rings. The van der Waals surface area contributed by atoms with Crippen LogP contribution in [0.2, 0.25) is 0 Å². The molecule has 1 aliphatic heterocycles. The average molecular weight is 289 g/mol. The lowest BCUT2D eigenvalue weighted by atomic mass is 10.2. The number of hydrazine groups is 1. The van der Waals surface area contributed by atoms with E-state index in [1.807, 2.05) is 47.0 Å². The Morgan fingerprint density at radius 3 is 1.35 bits per heavy atom. The van der Waals surface area contributed by atoms with Crippen molar-refractivity contribution in [2.45, 2.75) is 55.4 Å². The van der Waals surface area contributed by atoms with Crippen molar-refractivity contribution in [3.8, 4) is 0 Å². The molecule has 1 aromatic heterocycles. The van der Waals surface area contributed by atoms with Gasteiger partial charge in [0.25, 0.3) is 0 Å². The quantitative estimate of drug-likeness (QED) is 0.711. The van der Waals surface area contributed by atoms with Crippen molar-refractivity contribution in [2.24, 2.45) is 7.05 Å². The summed E-state index contributed by atoms with van der Waals surface area (Å²) in [5.41, 5.74) is 0. The van der Waals surface area contributed by atoms with Crippen molar-refractivity contribution in [3.05, 3.63) is 18.5 Å². The van der Waals surface area contributed by atoms with Crippen LogP contribution in [0, 0.1) is 0 Å². The third-order valence-corrected chi connectivity index (χ3v) is 2.43. The van der Waals surface area contributed by atoms with Crippen LogP contribution in [0.15, 0.2) is 18.5 Å². The van der Waals surface area contributed by atoms with Crippen LogP contribution in [0.3, 0.4) is 0 Å². The van der Waals surface area contributed by atoms with Gasteiger partial charge in [0, 0.05) is 46.6 Å². The monoisotopic (exact) mass is 288 g/mol. The fourth-order valence-electron chi connectivity index (χ4n) is 1.37. The van der Waals surface area contributed by atoms with Crippen molar-refractivity contribution in [3.63, 3.8) is 0 Å². The highest BCUT2D eigenvalue weighted by Crippen LogP contribution is 2.04. The summed E-state index contributed by atoms with van der Waals surface area (Å²) < 4.78 is 1.75. The molecule has 0 N–H and O–H groups in total. The number of rotatable bonds is 0. The zero-order valence-electron chi connectivity index (χ0n) is 13.3. The Morgan fingerprint density at radius 1 is 0.800 bits per heavy atom. The summed E-state index contributed by atoms with van der Waals surface area (Å²) in [6.07, 6.45) is 6.36. The van der Waals surface area contributed by atoms with Crippen LogP contribution in [0.1, 0.15) is 55.4 Å². The predicted molar refractivity (Wildman–Crippen MR) is 93.9 cm³/mol. The van der Waals surface area contributed by atoms with E-state index in [1.165, 1.54) is 25.9 Å². The van der Waals surface area contributed by atoms with E-state index in [-0.39, 0.29) is 14.9 Å². The van der Waals surface area contributed by atoms with Crippen molar-refractivity contribution in [1.29, 1.82) is 0 Å². The third kappa shape index (κ3) is 15.2. The molecule has 2 heterocycles. The fraction of sp³-hybridized carbons (Fsp3) is 0.812. The minimum atomic E-state index is 0. The van der Waals surface area contributed by atoms with Gasteiger partial charge in [-0.2, -0.15) is 5.10 Å². The second-order valence-corrected chi connectivity index (χ2v) is 3.65. The first-order valence-electron chi connectivity index (χ1n) is 7.06. The van der Waals surface area contributed by atoms with E-state index >= 15 is 0 Å². The van der Waals surface area contributed by atoms with Crippen molar-refractivity contribution < 1.29 is 0 Å². The first-order chi connectivity index (χ1) is 8.70. The molecule has 1 aromatic rings. The molecule has 124 valence electrons. The molecule has 0 amide bonds. The molecule has 0 saturated carbocycles. The van der Waals surface area contributed by atoms with Gasteiger partial charge in [-0.15, -0.1) is 0 Å². The van der Waals surface area contributed by atoms with E-state index in [9.17, 15) is 0 Å². The Balaban J connectivity index is -0.0000000965. The normalized spacial score (nSPS) is 13.8. The Kier molecular flexibility index (Phi) is 28.1. The van der Waals surface area contributed by atoms with Gasteiger partial charge in [0.05, 0.1) is 0 Å². The summed E-state index contributed by atoms with van der Waals surface area (Å²) in [5.74, 6) is 0. The molecular weight excluding hydrogens is 248 g/mol. The van der Waals surface area contributed by atoms with Gasteiger partial charge < -0.3 is 0 Å². The van der Waals surface area contributed by atoms with Gasteiger partial charge in [-0.3, -0.25) is 4.68 Å². The molecule has 1 saturated heterocycles. The van der Waals surface area contributed by atoms with E-state index in [2.05, 4.69) is 29.2 Å². The van der Waals surface area contributed by atoms with Crippen molar-refractivity contribution >= 4 is 0 Å². The molecule has 0 atom stereocenters. The van der Waals surface area contributed by atoms with E-state index in [0.29, 0.717) is 0 Å². The first kappa shape index (κ1) is 27.5. The van der Waals surface area contributed by atoms with Crippen LogP contribution in [-0.4, -0.2) is 47.0 Å². The summed E-state index contributed by atoms with van der Waals surface area (Å²) in [5, 5.41) is 8.37. The lowest BCUT2D eigenvalue weighted by molar-refractivity contribution is -0.00111. The number of hydrogen-bond acceptors (Lipinski definition) is 3. The first-order valence-corrected chi connectivity index (χ1v) is 7.06. The largest absolute Gasteiger partial charge is 0.276 e. The molecule has 4 heteroatoms. The highest BCUT2D eigenvalue weighted by molar-refractivity contribution is 4.75. The van der Waals surface area contributed by atoms with Crippen molar-refractivity contribution in [1.82, 2.24) is 19.8 Å². The smallest absolute Gasteiger partial charge is 0.0489 e. The highest BCUT2D eigenvalue weighted by atomic mass is 15.6. The van der Waals surface area contributed by atoms with E-state index in [1.54, 1.807) is 10.9 Å². The molecule has 0 spiro atoms. The maximum atomic E-state index is 3.83. The maximum Gasteiger partial charge on any atom is 0.0489 e. The summed E-state index contributed by atoms with van der Waals surface area (Å²) in [7, 11) is 6.16. The Morgan fingerprint density at radius 2 is 1.20 bits per heavy atom. The summed E-state index contributed by atoms with van der Waals surface area (Å²) in [6, 6.07) is 1.89. The molecule has 2 rings (SSSR count). The van der Waals surface area contributed by atoms with Crippen LogP contribution in [0.4, 0.5) is 0 Å². The molecule has 0 aliphatic carbocycles. The maximum absolute atomic E-state index is 3.83. The lowest BCUT2D eigenvalue weighted by Gasteiger charge is -2.32. The Bertz CT molecular complexity index is 225. The van der Waals surface area contributed by atoms with Gasteiger partial charge in [0.2, 0.25) is 0 Å². The molecule has 20 heavy (non-hydrogen) atoms. The molecule has 1 aliphatic rings. The fourth-order valence-corrected chi connectivity index (χ4v) is 1.37. The van der Waals surface area contributed by atoms with Gasteiger partial charge >= 0.3 is 0 Å². The molecule has 0 radical (unpaired) electrons.